The second-order valence-corrected chi connectivity index (χ2v) is 7.14. The van der Waals surface area contributed by atoms with Gasteiger partial charge in [-0.25, -0.2) is 14.8 Å². The lowest BCUT2D eigenvalue weighted by Gasteiger charge is -2.29. The summed E-state index contributed by atoms with van der Waals surface area (Å²) >= 11 is 0. The average Bonchev–Trinajstić information content (AvgIpc) is 3.03. The number of benzene rings is 1. The Morgan fingerprint density at radius 3 is 2.90 bits per heavy atom. The van der Waals surface area contributed by atoms with Gasteiger partial charge in [0.05, 0.1) is 28.7 Å². The monoisotopic (exact) mass is 390 g/mol. The fourth-order valence-corrected chi connectivity index (χ4v) is 4.20. The number of carbonyl (C=O) groups is 1. The van der Waals surface area contributed by atoms with Crippen LogP contribution in [-0.4, -0.2) is 41.9 Å². The molecule has 3 aromatic heterocycles. The Morgan fingerprint density at radius 2 is 2.07 bits per heavy atom. The number of nitrogens with two attached hydrogens (primary N) is 1. The molecule has 1 aromatic carbocycles. The first-order valence-electron chi connectivity index (χ1n) is 9.18. The van der Waals surface area contributed by atoms with Crippen molar-refractivity contribution in [3.05, 3.63) is 48.5 Å². The summed E-state index contributed by atoms with van der Waals surface area (Å²) in [5.41, 5.74) is 9.81. The predicted molar refractivity (Wildman–Crippen MR) is 107 cm³/mol. The van der Waals surface area contributed by atoms with Crippen molar-refractivity contribution < 1.29 is 15.0 Å². The third-order valence-electron chi connectivity index (χ3n) is 5.34. The van der Waals surface area contributed by atoms with E-state index in [9.17, 15) is 9.90 Å². The third kappa shape index (κ3) is 2.74. The first-order valence-corrected chi connectivity index (χ1v) is 9.18. The van der Waals surface area contributed by atoms with Gasteiger partial charge in [0.15, 0.2) is 0 Å². The first-order chi connectivity index (χ1) is 14.0. The Labute approximate surface area is 164 Å². The number of pyridine rings is 1. The van der Waals surface area contributed by atoms with Crippen molar-refractivity contribution in [3.63, 3.8) is 0 Å². The second kappa shape index (κ2) is 6.42. The van der Waals surface area contributed by atoms with Crippen molar-refractivity contribution in [2.45, 2.75) is 25.1 Å². The second-order valence-electron chi connectivity index (χ2n) is 7.14. The summed E-state index contributed by atoms with van der Waals surface area (Å²) in [6, 6.07) is 9.33. The summed E-state index contributed by atoms with van der Waals surface area (Å²) in [5, 5.41) is 24.1. The van der Waals surface area contributed by atoms with Gasteiger partial charge in [-0.05, 0) is 12.1 Å². The highest BCUT2D eigenvalue weighted by Crippen LogP contribution is 2.43. The number of anilines is 1. The van der Waals surface area contributed by atoms with Crippen LogP contribution in [0.25, 0.3) is 33.1 Å². The number of hydrogen-bond donors (Lipinski definition) is 4. The Morgan fingerprint density at radius 1 is 1.24 bits per heavy atom. The Bertz CT molecular complexity index is 1270. The molecule has 1 aliphatic rings. The van der Waals surface area contributed by atoms with Gasteiger partial charge < -0.3 is 25.8 Å². The van der Waals surface area contributed by atoms with Crippen LogP contribution < -0.4 is 11.1 Å². The van der Waals surface area contributed by atoms with E-state index < -0.39 is 18.2 Å². The van der Waals surface area contributed by atoms with E-state index in [1.165, 1.54) is 6.33 Å². The number of amides is 1. The van der Waals surface area contributed by atoms with E-state index in [2.05, 4.69) is 20.3 Å². The molecule has 146 valence electrons. The molecule has 9 nitrogen and oxygen atoms in total. The van der Waals surface area contributed by atoms with E-state index in [1.54, 1.807) is 6.20 Å². The van der Waals surface area contributed by atoms with Crippen molar-refractivity contribution in [3.8, 4) is 11.1 Å². The number of fused-ring (bicyclic) bond motifs is 4. The molecule has 5 rings (SSSR count). The highest BCUT2D eigenvalue weighted by Gasteiger charge is 2.33. The maximum Gasteiger partial charge on any atom is 0.404 e. The van der Waals surface area contributed by atoms with Crippen LogP contribution in [0.3, 0.4) is 0 Å². The molecule has 4 heterocycles. The van der Waals surface area contributed by atoms with Crippen molar-refractivity contribution in [2.24, 2.45) is 0 Å². The lowest BCUT2D eigenvalue weighted by atomic mass is 9.95. The molecule has 9 heteroatoms. The highest BCUT2D eigenvalue weighted by molar-refractivity contribution is 6.03. The van der Waals surface area contributed by atoms with Crippen LogP contribution in [0.15, 0.2) is 42.9 Å². The van der Waals surface area contributed by atoms with Crippen LogP contribution in [0.4, 0.5) is 10.6 Å². The fourth-order valence-electron chi connectivity index (χ4n) is 4.20. The zero-order chi connectivity index (χ0) is 20.1. The number of aliphatic hydroxyl groups is 1. The van der Waals surface area contributed by atoms with Crippen LogP contribution in [0, 0.1) is 0 Å². The quantitative estimate of drug-likeness (QED) is 0.412. The van der Waals surface area contributed by atoms with Crippen LogP contribution in [0.1, 0.15) is 18.2 Å². The number of aromatic nitrogens is 4. The van der Waals surface area contributed by atoms with Gasteiger partial charge in [0.2, 0.25) is 0 Å². The first kappa shape index (κ1) is 17.4. The standard InChI is InChI=1S/C20H18N6O3/c21-18-16-15(11-5-10-3-1-2-4-13(10)22-7-11)17-14(27)6-12(25-20(28)29)8-26(17)19(16)24-9-23-18/h1-5,7,9,12,14,25,27H,6,8H2,(H,28,29)(H2,21,23,24)/t12-,14?/m0/s1. The van der Waals surface area contributed by atoms with Gasteiger partial charge >= 0.3 is 6.09 Å². The van der Waals surface area contributed by atoms with Gasteiger partial charge in [0.25, 0.3) is 0 Å². The molecule has 0 bridgehead atoms. The van der Waals surface area contributed by atoms with E-state index in [1.807, 2.05) is 34.9 Å². The number of nitrogens with one attached hydrogen (secondary N) is 1. The number of rotatable bonds is 2. The fraction of sp³-hybridized carbons (Fsp3) is 0.200. The molecule has 0 radical (unpaired) electrons. The molecular weight excluding hydrogens is 372 g/mol. The maximum atomic E-state index is 11.1. The van der Waals surface area contributed by atoms with Crippen molar-refractivity contribution in [2.75, 3.05) is 5.73 Å². The summed E-state index contributed by atoms with van der Waals surface area (Å²) in [6.45, 7) is 0.340. The Hall–Kier alpha value is -3.72. The molecule has 4 aromatic rings. The van der Waals surface area contributed by atoms with Gasteiger partial charge in [-0.3, -0.25) is 4.98 Å². The molecule has 5 N–H and O–H groups in total. The van der Waals surface area contributed by atoms with Crippen LogP contribution >= 0.6 is 0 Å². The summed E-state index contributed by atoms with van der Waals surface area (Å²) in [7, 11) is 0. The van der Waals surface area contributed by atoms with E-state index in [0.29, 0.717) is 29.1 Å². The van der Waals surface area contributed by atoms with E-state index in [4.69, 9.17) is 10.8 Å². The van der Waals surface area contributed by atoms with E-state index in [0.717, 1.165) is 22.0 Å². The molecule has 2 atom stereocenters. The molecule has 1 unspecified atom stereocenters. The number of hydrogen-bond acceptors (Lipinski definition) is 6. The molecule has 0 aliphatic carbocycles. The van der Waals surface area contributed by atoms with Crippen molar-refractivity contribution in [1.29, 1.82) is 0 Å². The zero-order valence-electron chi connectivity index (χ0n) is 15.3. The maximum absolute atomic E-state index is 11.1. The van der Waals surface area contributed by atoms with Crippen molar-refractivity contribution >= 4 is 33.8 Å². The lowest BCUT2D eigenvalue weighted by Crippen LogP contribution is -2.41. The predicted octanol–water partition coefficient (Wildman–Crippen LogP) is 2.30. The van der Waals surface area contributed by atoms with Crippen LogP contribution in [0.5, 0.6) is 0 Å². The largest absolute Gasteiger partial charge is 0.465 e. The number of aliphatic hydroxyl groups excluding tert-OH is 1. The molecule has 1 aliphatic heterocycles. The average molecular weight is 390 g/mol. The molecule has 0 saturated carbocycles. The summed E-state index contributed by atoms with van der Waals surface area (Å²) in [4.78, 5) is 24.1. The minimum Gasteiger partial charge on any atom is -0.465 e. The van der Waals surface area contributed by atoms with Crippen LogP contribution in [-0.2, 0) is 6.54 Å². The summed E-state index contributed by atoms with van der Waals surface area (Å²) < 4.78 is 1.83. The van der Waals surface area contributed by atoms with Gasteiger partial charge in [-0.1, -0.05) is 18.2 Å². The molecular formula is C20H18N6O3. The molecule has 0 fully saturated rings. The SMILES string of the molecule is Nc1ncnc2c1c(-c1cnc3ccccc3c1)c1n2C[C@@H](NC(=O)O)CC1O. The van der Waals surface area contributed by atoms with Gasteiger partial charge in [0, 0.05) is 35.7 Å². The number of nitrogens with zero attached hydrogens (tertiary/aromatic N) is 4. The molecule has 29 heavy (non-hydrogen) atoms. The zero-order valence-corrected chi connectivity index (χ0v) is 15.3. The number of nitrogen functional groups attached to an aromatic ring is 1. The normalized spacial score (nSPS) is 18.7. The van der Waals surface area contributed by atoms with Gasteiger partial charge in [-0.15, -0.1) is 0 Å². The highest BCUT2D eigenvalue weighted by atomic mass is 16.4. The summed E-state index contributed by atoms with van der Waals surface area (Å²) in [5.74, 6) is 0.301. The van der Waals surface area contributed by atoms with Gasteiger partial charge in [0.1, 0.15) is 17.8 Å². The Kier molecular flexibility index (Phi) is 3.85. The molecule has 0 saturated heterocycles. The lowest BCUT2D eigenvalue weighted by molar-refractivity contribution is 0.118. The topological polar surface area (TPSA) is 139 Å². The Balaban J connectivity index is 1.77. The minimum atomic E-state index is -1.13. The van der Waals surface area contributed by atoms with Gasteiger partial charge in [-0.2, -0.15) is 0 Å². The smallest absolute Gasteiger partial charge is 0.404 e. The number of carboxylic acid groups (broad SMARTS) is 1. The molecule has 0 spiro atoms. The third-order valence-corrected chi connectivity index (χ3v) is 5.34. The minimum absolute atomic E-state index is 0.254. The molecule has 1 amide bonds. The van der Waals surface area contributed by atoms with Crippen LogP contribution in [0.2, 0.25) is 0 Å². The summed E-state index contributed by atoms with van der Waals surface area (Å²) in [6.07, 6.45) is 1.35. The van der Waals surface area contributed by atoms with Crippen molar-refractivity contribution in [1.82, 2.24) is 24.8 Å². The number of para-hydroxylation sites is 1. The van der Waals surface area contributed by atoms with E-state index in [-0.39, 0.29) is 6.42 Å². The van der Waals surface area contributed by atoms with E-state index >= 15 is 0 Å².